The van der Waals surface area contributed by atoms with Crippen LogP contribution in [0.1, 0.15) is 30.7 Å². The van der Waals surface area contributed by atoms with Crippen LogP contribution in [0.15, 0.2) is 30.3 Å². The van der Waals surface area contributed by atoms with Crippen molar-refractivity contribution in [1.29, 1.82) is 0 Å². The number of carbonyl (C=O) groups excluding carboxylic acids is 1. The van der Waals surface area contributed by atoms with Crippen molar-refractivity contribution in [1.82, 2.24) is 14.9 Å². The minimum Gasteiger partial charge on any atom is -0.359 e. The maximum absolute atomic E-state index is 12.4. The summed E-state index contributed by atoms with van der Waals surface area (Å²) in [4.78, 5) is 13.7. The third-order valence-electron chi connectivity index (χ3n) is 4.84. The van der Waals surface area contributed by atoms with Crippen molar-refractivity contribution in [2.24, 2.45) is 0 Å². The number of halogens is 1. The van der Waals surface area contributed by atoms with Gasteiger partial charge in [-0.3, -0.25) is 4.79 Å². The summed E-state index contributed by atoms with van der Waals surface area (Å²) in [6.45, 7) is 2.05. The number of benzene rings is 1. The molecule has 1 aromatic carbocycles. The molecule has 0 aromatic heterocycles. The molecule has 2 fully saturated rings. The van der Waals surface area contributed by atoms with Crippen molar-refractivity contribution in [3.05, 3.63) is 35.9 Å². The minimum absolute atomic E-state index is 0. The van der Waals surface area contributed by atoms with Gasteiger partial charge in [-0.25, -0.2) is 13.1 Å². The fourth-order valence-corrected chi connectivity index (χ4v) is 4.91. The molecule has 0 unspecified atom stereocenters. The Morgan fingerprint density at radius 2 is 1.88 bits per heavy atom. The Bertz CT molecular complexity index is 680. The zero-order valence-corrected chi connectivity index (χ0v) is 16.0. The first-order valence-electron chi connectivity index (χ1n) is 8.48. The number of hydrogen-bond acceptors (Lipinski definition) is 4. The molecule has 8 heteroatoms. The van der Waals surface area contributed by atoms with Gasteiger partial charge in [0.2, 0.25) is 15.9 Å². The van der Waals surface area contributed by atoms with E-state index < -0.39 is 10.0 Å². The third-order valence-corrected chi connectivity index (χ3v) is 6.82. The summed E-state index contributed by atoms with van der Waals surface area (Å²) in [6.07, 6.45) is 1.96. The molecule has 25 heavy (non-hydrogen) atoms. The van der Waals surface area contributed by atoms with Crippen LogP contribution in [0.3, 0.4) is 0 Å². The number of amides is 1. The van der Waals surface area contributed by atoms with Crippen LogP contribution < -0.4 is 10.0 Å². The lowest BCUT2D eigenvalue weighted by molar-refractivity contribution is -0.120. The molecule has 1 saturated heterocycles. The van der Waals surface area contributed by atoms with Gasteiger partial charge in [0.15, 0.2) is 0 Å². The molecule has 0 spiro atoms. The monoisotopic (exact) mass is 387 g/mol. The van der Waals surface area contributed by atoms with Crippen LogP contribution in [0, 0.1) is 0 Å². The van der Waals surface area contributed by atoms with Gasteiger partial charge >= 0.3 is 0 Å². The Hall–Kier alpha value is -1.15. The Kier molecular flexibility index (Phi) is 6.85. The molecule has 2 N–H and O–H groups in total. The van der Waals surface area contributed by atoms with Crippen molar-refractivity contribution in [2.45, 2.75) is 36.5 Å². The Morgan fingerprint density at radius 1 is 1.20 bits per heavy atom. The molecule has 0 bridgehead atoms. The van der Waals surface area contributed by atoms with Crippen LogP contribution in [0.25, 0.3) is 0 Å². The third kappa shape index (κ3) is 5.17. The molecule has 1 amide bonds. The fraction of sp³-hybridized carbons (Fsp3) is 0.588. The normalized spacial score (nSPS) is 23.9. The van der Waals surface area contributed by atoms with Crippen LogP contribution >= 0.6 is 12.4 Å². The number of nitrogens with one attached hydrogen (secondary N) is 2. The van der Waals surface area contributed by atoms with Crippen LogP contribution in [0.5, 0.6) is 0 Å². The number of likely N-dealkylation sites (tertiary alicyclic amines) is 1. The van der Waals surface area contributed by atoms with Crippen molar-refractivity contribution in [3.8, 4) is 0 Å². The first-order chi connectivity index (χ1) is 11.5. The van der Waals surface area contributed by atoms with E-state index in [-0.39, 0.29) is 35.5 Å². The minimum atomic E-state index is -3.23. The van der Waals surface area contributed by atoms with E-state index in [0.717, 1.165) is 24.9 Å². The smallest absolute Gasteiger partial charge is 0.221 e. The van der Waals surface area contributed by atoms with Gasteiger partial charge in [0.1, 0.15) is 0 Å². The van der Waals surface area contributed by atoms with Crippen molar-refractivity contribution < 1.29 is 13.2 Å². The first-order valence-corrected chi connectivity index (χ1v) is 10.0. The molecule has 0 radical (unpaired) electrons. The Labute approximate surface area is 155 Å². The molecule has 6 nitrogen and oxygen atoms in total. The maximum Gasteiger partial charge on any atom is 0.221 e. The second kappa shape index (κ2) is 8.49. The predicted molar refractivity (Wildman–Crippen MR) is 100 cm³/mol. The molecule has 140 valence electrons. The lowest BCUT2D eigenvalue weighted by atomic mass is 9.95. The van der Waals surface area contributed by atoms with Crippen molar-refractivity contribution >= 4 is 28.3 Å². The summed E-state index contributed by atoms with van der Waals surface area (Å²) in [5.74, 6) is 0.123. The van der Waals surface area contributed by atoms with Gasteiger partial charge in [0.05, 0.1) is 5.25 Å². The standard InChI is InChI=1S/C17H25N3O3S.ClH/c1-18-17(21)9-10-20-11-15(13-5-3-2-4-6-13)16(12-20)19-24(22,23)14-7-8-14;/h2-6,14-16,19H,7-12H2,1H3,(H,18,21);1H/t15-,16+;/m1./s1. The van der Waals surface area contributed by atoms with Crippen LogP contribution in [-0.4, -0.2) is 57.2 Å². The Balaban J connectivity index is 0.00000225. The molecule has 2 aliphatic rings. The van der Waals surface area contributed by atoms with E-state index >= 15 is 0 Å². The largest absolute Gasteiger partial charge is 0.359 e. The maximum atomic E-state index is 12.4. The SMILES string of the molecule is CNC(=O)CCN1C[C@H](NS(=O)(=O)C2CC2)[C@@H](c2ccccc2)C1.Cl. The van der Waals surface area contributed by atoms with Gasteiger partial charge in [-0.1, -0.05) is 30.3 Å². The van der Waals surface area contributed by atoms with E-state index in [1.165, 1.54) is 0 Å². The zero-order valence-electron chi connectivity index (χ0n) is 14.3. The molecule has 1 saturated carbocycles. The van der Waals surface area contributed by atoms with Crippen LogP contribution in [0.4, 0.5) is 0 Å². The summed E-state index contributed by atoms with van der Waals surface area (Å²) in [7, 11) is -1.60. The van der Waals surface area contributed by atoms with Gasteiger partial charge in [0, 0.05) is 45.1 Å². The lowest BCUT2D eigenvalue weighted by Crippen LogP contribution is -2.41. The van der Waals surface area contributed by atoms with Gasteiger partial charge in [-0.15, -0.1) is 12.4 Å². The Morgan fingerprint density at radius 3 is 2.48 bits per heavy atom. The van der Waals surface area contributed by atoms with Gasteiger partial charge in [0.25, 0.3) is 0 Å². The molecular weight excluding hydrogens is 362 g/mol. The second-order valence-electron chi connectivity index (χ2n) is 6.67. The molecule has 2 atom stereocenters. The molecule has 1 aliphatic heterocycles. The summed E-state index contributed by atoms with van der Waals surface area (Å²) < 4.78 is 27.6. The van der Waals surface area contributed by atoms with E-state index in [1.807, 2.05) is 30.3 Å². The first kappa shape index (κ1) is 20.2. The average molecular weight is 388 g/mol. The highest BCUT2D eigenvalue weighted by atomic mass is 35.5. The molecule has 1 aromatic rings. The van der Waals surface area contributed by atoms with Crippen LogP contribution in [0.2, 0.25) is 0 Å². The van der Waals surface area contributed by atoms with Crippen molar-refractivity contribution in [2.75, 3.05) is 26.7 Å². The summed E-state index contributed by atoms with van der Waals surface area (Å²) in [5, 5.41) is 2.41. The lowest BCUT2D eigenvalue weighted by Gasteiger charge is -2.20. The van der Waals surface area contributed by atoms with Gasteiger partial charge in [-0.2, -0.15) is 0 Å². The van der Waals surface area contributed by atoms with E-state index in [0.29, 0.717) is 19.5 Å². The number of hydrogen-bond donors (Lipinski definition) is 2. The topological polar surface area (TPSA) is 78.5 Å². The molecular formula is C17H26ClN3O3S. The second-order valence-corrected chi connectivity index (χ2v) is 8.66. The molecule has 1 heterocycles. The van der Waals surface area contributed by atoms with E-state index in [9.17, 15) is 13.2 Å². The zero-order chi connectivity index (χ0) is 17.2. The summed E-state index contributed by atoms with van der Waals surface area (Å²) in [5.41, 5.74) is 1.14. The van der Waals surface area contributed by atoms with Gasteiger partial charge < -0.3 is 10.2 Å². The van der Waals surface area contributed by atoms with E-state index in [1.54, 1.807) is 7.05 Å². The number of sulfonamides is 1. The number of rotatable bonds is 7. The average Bonchev–Trinajstić information content (AvgIpc) is 3.37. The van der Waals surface area contributed by atoms with Crippen molar-refractivity contribution in [3.63, 3.8) is 0 Å². The van der Waals surface area contributed by atoms with E-state index in [4.69, 9.17) is 0 Å². The molecule has 1 aliphatic carbocycles. The van der Waals surface area contributed by atoms with Gasteiger partial charge in [-0.05, 0) is 18.4 Å². The van der Waals surface area contributed by atoms with Crippen LogP contribution in [-0.2, 0) is 14.8 Å². The number of carbonyl (C=O) groups is 1. The summed E-state index contributed by atoms with van der Waals surface area (Å²) >= 11 is 0. The highest BCUT2D eigenvalue weighted by Crippen LogP contribution is 2.32. The van der Waals surface area contributed by atoms with E-state index in [2.05, 4.69) is 14.9 Å². The quantitative estimate of drug-likeness (QED) is 0.734. The summed E-state index contributed by atoms with van der Waals surface area (Å²) in [6, 6.07) is 9.88. The predicted octanol–water partition coefficient (Wildman–Crippen LogP) is 1.09. The highest BCUT2D eigenvalue weighted by molar-refractivity contribution is 7.90. The molecule has 3 rings (SSSR count). The fourth-order valence-electron chi connectivity index (χ4n) is 3.30. The number of nitrogens with zero attached hydrogens (tertiary/aromatic N) is 1. The highest BCUT2D eigenvalue weighted by Gasteiger charge is 2.41.